The van der Waals surface area contributed by atoms with Gasteiger partial charge in [0.05, 0.1) is 22.9 Å². The number of rotatable bonds is 2. The maximum absolute atomic E-state index is 11.8. The summed E-state index contributed by atoms with van der Waals surface area (Å²) in [7, 11) is 0. The van der Waals surface area contributed by atoms with Crippen molar-refractivity contribution in [3.05, 3.63) is 62.5 Å². The average molecular weight is 319 g/mol. The van der Waals surface area contributed by atoms with Crippen LogP contribution in [0.3, 0.4) is 0 Å². The third-order valence-electron chi connectivity index (χ3n) is 2.49. The Morgan fingerprint density at radius 1 is 1.32 bits per heavy atom. The third kappa shape index (κ3) is 2.56. The van der Waals surface area contributed by atoms with Gasteiger partial charge in [-0.2, -0.15) is 5.26 Å². The molecule has 1 aromatic heterocycles. The number of hydrogen-bond donors (Lipinski definition) is 1. The second-order valence-electron chi connectivity index (χ2n) is 3.71. The molecule has 0 amide bonds. The third-order valence-corrected chi connectivity index (χ3v) is 3.13. The number of nitriles is 1. The number of carboxylic acids is 1. The molecule has 1 aromatic carbocycles. The molecule has 94 valence electrons. The van der Waals surface area contributed by atoms with Crippen LogP contribution >= 0.6 is 15.9 Å². The van der Waals surface area contributed by atoms with Crippen molar-refractivity contribution in [1.29, 1.82) is 5.26 Å². The van der Waals surface area contributed by atoms with Gasteiger partial charge >= 0.3 is 5.97 Å². The summed E-state index contributed by atoms with van der Waals surface area (Å²) in [5, 5.41) is 17.7. The van der Waals surface area contributed by atoms with Crippen molar-refractivity contribution < 1.29 is 9.90 Å². The minimum absolute atomic E-state index is 0.0101. The summed E-state index contributed by atoms with van der Waals surface area (Å²) < 4.78 is 1.76. The predicted octanol–water partition coefficient (Wildman–Crippen LogP) is 2.17. The highest BCUT2D eigenvalue weighted by Gasteiger charge is 2.09. The normalized spacial score (nSPS) is 9.89. The highest BCUT2D eigenvalue weighted by atomic mass is 79.9. The van der Waals surface area contributed by atoms with Crippen molar-refractivity contribution in [3.63, 3.8) is 0 Å². The van der Waals surface area contributed by atoms with Crippen LogP contribution in [-0.2, 0) is 0 Å². The lowest BCUT2D eigenvalue weighted by molar-refractivity contribution is 0.0696. The molecule has 0 aliphatic rings. The van der Waals surface area contributed by atoms with Gasteiger partial charge in [-0.25, -0.2) is 4.79 Å². The van der Waals surface area contributed by atoms with Gasteiger partial charge in [-0.15, -0.1) is 0 Å². The minimum atomic E-state index is -1.11. The van der Waals surface area contributed by atoms with Gasteiger partial charge in [0.15, 0.2) is 0 Å². The van der Waals surface area contributed by atoms with Crippen LogP contribution in [0.15, 0.2) is 45.8 Å². The van der Waals surface area contributed by atoms with Gasteiger partial charge in [0.2, 0.25) is 0 Å². The molecule has 0 radical (unpaired) electrons. The van der Waals surface area contributed by atoms with E-state index in [1.54, 1.807) is 18.2 Å². The predicted molar refractivity (Wildman–Crippen MR) is 71.4 cm³/mol. The molecule has 0 saturated carbocycles. The second kappa shape index (κ2) is 5.08. The van der Waals surface area contributed by atoms with E-state index < -0.39 is 5.97 Å². The first-order chi connectivity index (χ1) is 9.02. The topological polar surface area (TPSA) is 83.1 Å². The summed E-state index contributed by atoms with van der Waals surface area (Å²) in [5.41, 5.74) is 0.580. The van der Waals surface area contributed by atoms with Crippen LogP contribution in [0.1, 0.15) is 15.9 Å². The van der Waals surface area contributed by atoms with Crippen LogP contribution in [0.4, 0.5) is 0 Å². The van der Waals surface area contributed by atoms with Gasteiger partial charge < -0.3 is 5.11 Å². The lowest BCUT2D eigenvalue weighted by atomic mass is 10.2. The summed E-state index contributed by atoms with van der Waals surface area (Å²) in [5.74, 6) is -1.11. The first-order valence-electron chi connectivity index (χ1n) is 5.19. The Balaban J connectivity index is 2.65. The quantitative estimate of drug-likeness (QED) is 0.919. The highest BCUT2D eigenvalue weighted by Crippen LogP contribution is 2.21. The van der Waals surface area contributed by atoms with Crippen molar-refractivity contribution in [2.45, 2.75) is 0 Å². The van der Waals surface area contributed by atoms with Gasteiger partial charge in [-0.05, 0) is 40.2 Å². The smallest absolute Gasteiger partial charge is 0.337 e. The molecule has 6 heteroatoms. The number of aromatic carboxylic acids is 1. The zero-order chi connectivity index (χ0) is 14.0. The van der Waals surface area contributed by atoms with Gasteiger partial charge in [0, 0.05) is 16.7 Å². The lowest BCUT2D eigenvalue weighted by Crippen LogP contribution is -2.18. The van der Waals surface area contributed by atoms with E-state index >= 15 is 0 Å². The monoisotopic (exact) mass is 318 g/mol. The molecule has 0 aliphatic heterocycles. The second-order valence-corrected chi connectivity index (χ2v) is 4.56. The van der Waals surface area contributed by atoms with Gasteiger partial charge in [0.1, 0.15) is 0 Å². The van der Waals surface area contributed by atoms with Crippen LogP contribution in [-0.4, -0.2) is 15.6 Å². The molecule has 1 N–H and O–H groups in total. The molecular formula is C13H7BrN2O3. The van der Waals surface area contributed by atoms with E-state index in [1.165, 1.54) is 22.9 Å². The first-order valence-corrected chi connectivity index (χ1v) is 5.98. The van der Waals surface area contributed by atoms with Gasteiger partial charge in [-0.3, -0.25) is 9.36 Å². The van der Waals surface area contributed by atoms with E-state index in [0.717, 1.165) is 0 Å². The van der Waals surface area contributed by atoms with Crippen LogP contribution in [0, 0.1) is 11.3 Å². The summed E-state index contributed by atoms with van der Waals surface area (Å²) >= 11 is 3.26. The number of carboxylic acid groups (broad SMARTS) is 1. The number of hydrogen-bond acceptors (Lipinski definition) is 3. The molecule has 2 aromatic rings. The van der Waals surface area contributed by atoms with Crippen LogP contribution in [0.5, 0.6) is 0 Å². The minimum Gasteiger partial charge on any atom is -0.478 e. The number of nitrogens with zero attached hydrogens (tertiary/aromatic N) is 2. The summed E-state index contributed by atoms with van der Waals surface area (Å²) in [6, 6.07) is 9.12. The van der Waals surface area contributed by atoms with Crippen molar-refractivity contribution >= 4 is 21.9 Å². The number of pyridine rings is 1. The van der Waals surface area contributed by atoms with Crippen molar-refractivity contribution in [2.24, 2.45) is 0 Å². The summed E-state index contributed by atoms with van der Waals surface area (Å²) in [4.78, 5) is 22.7. The Morgan fingerprint density at radius 3 is 2.63 bits per heavy atom. The number of benzene rings is 1. The molecule has 19 heavy (non-hydrogen) atoms. The Morgan fingerprint density at radius 2 is 2.05 bits per heavy atom. The molecule has 5 nitrogen and oxygen atoms in total. The fourth-order valence-electron chi connectivity index (χ4n) is 1.57. The van der Waals surface area contributed by atoms with E-state index in [0.29, 0.717) is 15.7 Å². The Kier molecular flexibility index (Phi) is 3.49. The highest BCUT2D eigenvalue weighted by molar-refractivity contribution is 9.10. The standard InChI is InChI=1S/C13H7BrN2O3/c14-10-5-8(6-15)1-3-11(10)16-7-9(13(18)19)2-4-12(16)17/h1-5,7H,(H,18,19). The molecule has 0 spiro atoms. The Hall–Kier alpha value is -2.39. The maximum atomic E-state index is 11.8. The molecule has 2 rings (SSSR count). The number of halogens is 1. The molecule has 0 fully saturated rings. The van der Waals surface area contributed by atoms with Crippen LogP contribution in [0.25, 0.3) is 5.69 Å². The Bertz CT molecular complexity index is 759. The van der Waals surface area contributed by atoms with E-state index in [9.17, 15) is 9.59 Å². The molecule has 0 aliphatic carbocycles. The SMILES string of the molecule is N#Cc1ccc(-n2cc(C(=O)O)ccc2=O)c(Br)c1. The van der Waals surface area contributed by atoms with Gasteiger partial charge in [0.25, 0.3) is 5.56 Å². The molecule has 0 bridgehead atoms. The fraction of sp³-hybridized carbons (Fsp3) is 0. The zero-order valence-electron chi connectivity index (χ0n) is 9.50. The number of aromatic nitrogens is 1. The zero-order valence-corrected chi connectivity index (χ0v) is 11.1. The fourth-order valence-corrected chi connectivity index (χ4v) is 2.14. The molecule has 0 unspecified atom stereocenters. The van der Waals surface area contributed by atoms with E-state index in [1.807, 2.05) is 6.07 Å². The largest absolute Gasteiger partial charge is 0.478 e. The maximum Gasteiger partial charge on any atom is 0.337 e. The first kappa shape index (κ1) is 13.1. The van der Waals surface area contributed by atoms with E-state index in [2.05, 4.69) is 15.9 Å². The van der Waals surface area contributed by atoms with E-state index in [-0.39, 0.29) is 11.1 Å². The molecule has 1 heterocycles. The summed E-state index contributed by atoms with van der Waals surface area (Å²) in [6.07, 6.45) is 1.25. The lowest BCUT2D eigenvalue weighted by Gasteiger charge is -2.08. The van der Waals surface area contributed by atoms with Crippen molar-refractivity contribution in [2.75, 3.05) is 0 Å². The number of carbonyl (C=O) groups is 1. The van der Waals surface area contributed by atoms with Gasteiger partial charge in [-0.1, -0.05) is 0 Å². The molecular weight excluding hydrogens is 312 g/mol. The molecule has 0 saturated heterocycles. The molecule has 0 atom stereocenters. The van der Waals surface area contributed by atoms with Crippen molar-refractivity contribution in [3.8, 4) is 11.8 Å². The Labute approximate surface area is 116 Å². The van der Waals surface area contributed by atoms with Crippen molar-refractivity contribution in [1.82, 2.24) is 4.57 Å². The van der Waals surface area contributed by atoms with Crippen LogP contribution in [0.2, 0.25) is 0 Å². The summed E-state index contributed by atoms with van der Waals surface area (Å²) in [6.45, 7) is 0. The van der Waals surface area contributed by atoms with E-state index in [4.69, 9.17) is 10.4 Å². The van der Waals surface area contributed by atoms with Crippen LogP contribution < -0.4 is 5.56 Å². The average Bonchev–Trinajstić information content (AvgIpc) is 2.39.